The molecule has 2 aliphatic rings. The number of morpholine rings is 1. The van der Waals surface area contributed by atoms with Crippen LogP contribution in [0.15, 0.2) is 0 Å². The van der Waals surface area contributed by atoms with Crippen LogP contribution in [0.25, 0.3) is 0 Å². The van der Waals surface area contributed by atoms with E-state index in [9.17, 15) is 9.59 Å². The summed E-state index contributed by atoms with van der Waals surface area (Å²) in [6, 6.07) is -0.479. The molecule has 0 aromatic carbocycles. The number of ether oxygens (including phenoxy) is 1. The summed E-state index contributed by atoms with van der Waals surface area (Å²) in [6.07, 6.45) is 2.88. The molecule has 0 spiro atoms. The van der Waals surface area contributed by atoms with E-state index in [0.29, 0.717) is 38.0 Å². The number of likely N-dealkylation sites (N-methyl/N-ethyl adjacent to an activating group) is 1. The molecule has 0 aliphatic carbocycles. The molecule has 2 saturated heterocycles. The van der Waals surface area contributed by atoms with Crippen LogP contribution in [0.5, 0.6) is 0 Å². The van der Waals surface area contributed by atoms with Gasteiger partial charge in [0.1, 0.15) is 6.04 Å². The summed E-state index contributed by atoms with van der Waals surface area (Å²) in [5.41, 5.74) is 0. The van der Waals surface area contributed by atoms with E-state index in [1.807, 2.05) is 0 Å². The standard InChI is InChI=1S/C15H27N3O3/c1-11(12-4-3-5-17-9-12)8-14(19)18-6-7-21-10-13(18)15(20)16-2/h11-13,17H,3-10H2,1-2H3,(H,16,20). The molecular formula is C15H27N3O3. The molecule has 2 N–H and O–H groups in total. The highest BCUT2D eigenvalue weighted by molar-refractivity contribution is 5.87. The second kappa shape index (κ2) is 7.75. The van der Waals surface area contributed by atoms with Crippen molar-refractivity contribution in [2.45, 2.75) is 32.2 Å². The number of nitrogens with one attached hydrogen (secondary N) is 2. The van der Waals surface area contributed by atoms with E-state index in [1.165, 1.54) is 12.8 Å². The predicted molar refractivity (Wildman–Crippen MR) is 79.8 cm³/mol. The van der Waals surface area contributed by atoms with Gasteiger partial charge < -0.3 is 20.3 Å². The third-order valence-electron chi connectivity index (χ3n) is 4.63. The Hall–Kier alpha value is -1.14. The number of rotatable bonds is 4. The Morgan fingerprint density at radius 1 is 1.48 bits per heavy atom. The Balaban J connectivity index is 1.92. The van der Waals surface area contributed by atoms with Crippen molar-refractivity contribution in [1.82, 2.24) is 15.5 Å². The number of nitrogens with zero attached hydrogens (tertiary/aromatic N) is 1. The second-order valence-electron chi connectivity index (χ2n) is 6.08. The van der Waals surface area contributed by atoms with Crippen molar-refractivity contribution in [3.05, 3.63) is 0 Å². The zero-order valence-electron chi connectivity index (χ0n) is 13.1. The number of piperidine rings is 1. The number of hydrogen-bond acceptors (Lipinski definition) is 4. The summed E-state index contributed by atoms with van der Waals surface area (Å²) >= 11 is 0. The minimum Gasteiger partial charge on any atom is -0.377 e. The fourth-order valence-electron chi connectivity index (χ4n) is 3.21. The molecule has 120 valence electrons. The zero-order chi connectivity index (χ0) is 15.2. The van der Waals surface area contributed by atoms with Gasteiger partial charge in [-0.15, -0.1) is 0 Å². The molecule has 2 rings (SSSR count). The Morgan fingerprint density at radius 2 is 2.29 bits per heavy atom. The molecular weight excluding hydrogens is 270 g/mol. The minimum absolute atomic E-state index is 0.0740. The third-order valence-corrected chi connectivity index (χ3v) is 4.63. The molecule has 2 fully saturated rings. The quantitative estimate of drug-likeness (QED) is 0.765. The van der Waals surface area contributed by atoms with Crippen LogP contribution >= 0.6 is 0 Å². The van der Waals surface area contributed by atoms with Crippen molar-refractivity contribution >= 4 is 11.8 Å². The van der Waals surface area contributed by atoms with E-state index >= 15 is 0 Å². The Bertz CT molecular complexity index is 369. The van der Waals surface area contributed by atoms with Crippen molar-refractivity contribution in [3.8, 4) is 0 Å². The van der Waals surface area contributed by atoms with Gasteiger partial charge in [0, 0.05) is 20.0 Å². The van der Waals surface area contributed by atoms with E-state index in [-0.39, 0.29) is 11.8 Å². The van der Waals surface area contributed by atoms with Crippen LogP contribution in [-0.2, 0) is 14.3 Å². The van der Waals surface area contributed by atoms with Gasteiger partial charge in [-0.3, -0.25) is 9.59 Å². The number of hydrogen-bond donors (Lipinski definition) is 2. The Labute approximate surface area is 126 Å². The molecule has 6 nitrogen and oxygen atoms in total. The number of carbonyl (C=O) groups is 2. The molecule has 2 heterocycles. The van der Waals surface area contributed by atoms with E-state index in [1.54, 1.807) is 11.9 Å². The number of amides is 2. The topological polar surface area (TPSA) is 70.7 Å². The monoisotopic (exact) mass is 297 g/mol. The lowest BCUT2D eigenvalue weighted by atomic mass is 9.85. The van der Waals surface area contributed by atoms with Crippen LogP contribution < -0.4 is 10.6 Å². The predicted octanol–water partition coefficient (Wildman–Crippen LogP) is -0.0144. The van der Waals surface area contributed by atoms with Gasteiger partial charge in [0.25, 0.3) is 0 Å². The highest BCUT2D eigenvalue weighted by Crippen LogP contribution is 2.24. The highest BCUT2D eigenvalue weighted by Gasteiger charge is 2.33. The molecule has 3 unspecified atom stereocenters. The van der Waals surface area contributed by atoms with Gasteiger partial charge in [-0.2, -0.15) is 0 Å². The number of carbonyl (C=O) groups excluding carboxylic acids is 2. The zero-order valence-corrected chi connectivity index (χ0v) is 13.1. The van der Waals surface area contributed by atoms with Gasteiger partial charge in [0.15, 0.2) is 0 Å². The van der Waals surface area contributed by atoms with Crippen LogP contribution in [0.2, 0.25) is 0 Å². The van der Waals surface area contributed by atoms with Crippen LogP contribution in [0.1, 0.15) is 26.2 Å². The first-order valence-electron chi connectivity index (χ1n) is 7.93. The first kappa shape index (κ1) is 16.2. The van der Waals surface area contributed by atoms with Crippen LogP contribution in [0, 0.1) is 11.8 Å². The normalized spacial score (nSPS) is 28.0. The molecule has 2 amide bonds. The highest BCUT2D eigenvalue weighted by atomic mass is 16.5. The first-order valence-corrected chi connectivity index (χ1v) is 7.93. The average molecular weight is 297 g/mol. The van der Waals surface area contributed by atoms with Crippen molar-refractivity contribution in [2.24, 2.45) is 11.8 Å². The van der Waals surface area contributed by atoms with E-state index in [0.717, 1.165) is 13.1 Å². The Morgan fingerprint density at radius 3 is 2.95 bits per heavy atom. The van der Waals surface area contributed by atoms with Crippen molar-refractivity contribution in [2.75, 3.05) is 39.9 Å². The smallest absolute Gasteiger partial charge is 0.244 e. The van der Waals surface area contributed by atoms with E-state index < -0.39 is 6.04 Å². The van der Waals surface area contributed by atoms with Gasteiger partial charge in [-0.25, -0.2) is 0 Å². The molecule has 6 heteroatoms. The maximum atomic E-state index is 12.6. The van der Waals surface area contributed by atoms with Gasteiger partial charge in [0.2, 0.25) is 11.8 Å². The van der Waals surface area contributed by atoms with Crippen LogP contribution in [-0.4, -0.2) is 62.7 Å². The molecule has 0 radical (unpaired) electrons. The molecule has 3 atom stereocenters. The first-order chi connectivity index (χ1) is 10.1. The summed E-state index contributed by atoms with van der Waals surface area (Å²) in [4.78, 5) is 26.1. The minimum atomic E-state index is -0.479. The fraction of sp³-hybridized carbons (Fsp3) is 0.867. The van der Waals surface area contributed by atoms with Gasteiger partial charge in [0.05, 0.1) is 13.2 Å². The lowest BCUT2D eigenvalue weighted by molar-refractivity contribution is -0.149. The van der Waals surface area contributed by atoms with Gasteiger partial charge in [-0.1, -0.05) is 6.92 Å². The molecule has 0 bridgehead atoms. The molecule has 0 saturated carbocycles. The summed E-state index contributed by atoms with van der Waals surface area (Å²) in [5, 5.41) is 6.01. The summed E-state index contributed by atoms with van der Waals surface area (Å²) in [5.74, 6) is 0.834. The lowest BCUT2D eigenvalue weighted by Crippen LogP contribution is -2.55. The summed E-state index contributed by atoms with van der Waals surface area (Å²) in [7, 11) is 1.59. The summed E-state index contributed by atoms with van der Waals surface area (Å²) in [6.45, 7) is 5.54. The fourth-order valence-corrected chi connectivity index (χ4v) is 3.21. The van der Waals surface area contributed by atoms with Crippen molar-refractivity contribution in [1.29, 1.82) is 0 Å². The van der Waals surface area contributed by atoms with Crippen molar-refractivity contribution < 1.29 is 14.3 Å². The van der Waals surface area contributed by atoms with Gasteiger partial charge in [-0.05, 0) is 37.8 Å². The van der Waals surface area contributed by atoms with Gasteiger partial charge >= 0.3 is 0 Å². The maximum Gasteiger partial charge on any atom is 0.244 e. The molecule has 0 aromatic heterocycles. The Kier molecular flexibility index (Phi) is 5.99. The maximum absolute atomic E-state index is 12.6. The van der Waals surface area contributed by atoms with Crippen molar-refractivity contribution in [3.63, 3.8) is 0 Å². The van der Waals surface area contributed by atoms with Crippen LogP contribution in [0.3, 0.4) is 0 Å². The molecule has 21 heavy (non-hydrogen) atoms. The second-order valence-corrected chi connectivity index (χ2v) is 6.08. The largest absolute Gasteiger partial charge is 0.377 e. The lowest BCUT2D eigenvalue weighted by Gasteiger charge is -2.36. The van der Waals surface area contributed by atoms with E-state index in [4.69, 9.17) is 4.74 Å². The third kappa shape index (κ3) is 4.17. The summed E-state index contributed by atoms with van der Waals surface area (Å²) < 4.78 is 5.34. The van der Waals surface area contributed by atoms with E-state index in [2.05, 4.69) is 17.6 Å². The SMILES string of the molecule is CNC(=O)C1COCCN1C(=O)CC(C)C1CCCNC1. The molecule has 0 aromatic rings. The molecule has 2 aliphatic heterocycles. The average Bonchev–Trinajstić information content (AvgIpc) is 2.54. The van der Waals surface area contributed by atoms with Crippen LogP contribution in [0.4, 0.5) is 0 Å².